The number of carbonyl (C=O) groups excluding carboxylic acids is 2. The van der Waals surface area contributed by atoms with Gasteiger partial charge in [-0.05, 0) is 39.3 Å². The lowest BCUT2D eigenvalue weighted by molar-refractivity contribution is -0.383. The van der Waals surface area contributed by atoms with E-state index in [2.05, 4.69) is 20.5 Å². The zero-order valence-electron chi connectivity index (χ0n) is 22.8. The van der Waals surface area contributed by atoms with Crippen LogP contribution in [0.4, 0.5) is 16.3 Å². The Kier molecular flexibility index (Phi) is 7.93. The summed E-state index contributed by atoms with van der Waals surface area (Å²) in [4.78, 5) is 42.1. The highest BCUT2D eigenvalue weighted by Gasteiger charge is 2.25. The van der Waals surface area contributed by atoms with Gasteiger partial charge in [0, 0.05) is 32.3 Å². The molecule has 0 aliphatic carbocycles. The molecule has 40 heavy (non-hydrogen) atoms. The lowest BCUT2D eigenvalue weighted by Gasteiger charge is -2.24. The number of nitrogens with zero attached hydrogens (tertiary/aromatic N) is 7. The van der Waals surface area contributed by atoms with E-state index >= 15 is 0 Å². The second-order valence-electron chi connectivity index (χ2n) is 10.2. The van der Waals surface area contributed by atoms with Crippen molar-refractivity contribution in [2.45, 2.75) is 45.9 Å². The van der Waals surface area contributed by atoms with Crippen LogP contribution in [0.3, 0.4) is 0 Å². The molecule has 0 unspecified atom stereocenters. The first-order valence-electron chi connectivity index (χ1n) is 12.2. The molecule has 1 aromatic carbocycles. The van der Waals surface area contributed by atoms with Gasteiger partial charge in [0.15, 0.2) is 5.65 Å². The first-order valence-corrected chi connectivity index (χ1v) is 12.6. The number of hydrogen-bond donors (Lipinski definition) is 1. The Bertz CT molecular complexity index is 1610. The molecule has 212 valence electrons. The van der Waals surface area contributed by atoms with E-state index in [4.69, 9.17) is 21.1 Å². The number of fused-ring (bicyclic) bond motifs is 2. The molecule has 15 heteroatoms. The predicted octanol–water partition coefficient (Wildman–Crippen LogP) is 3.88. The minimum Gasteiger partial charge on any atom is -0.443 e. The first kappa shape index (κ1) is 28.7. The highest BCUT2D eigenvalue weighted by Crippen LogP contribution is 2.27. The molecule has 0 spiro atoms. The van der Waals surface area contributed by atoms with Crippen molar-refractivity contribution < 1.29 is 24.0 Å². The average molecular weight is 573 g/mol. The first-order chi connectivity index (χ1) is 18.7. The van der Waals surface area contributed by atoms with E-state index in [0.29, 0.717) is 16.5 Å². The number of halogens is 1. The number of hydrogen-bond acceptors (Lipinski definition) is 9. The van der Waals surface area contributed by atoms with Crippen LogP contribution in [0.2, 0.25) is 5.15 Å². The van der Waals surface area contributed by atoms with Crippen LogP contribution >= 0.6 is 11.6 Å². The summed E-state index contributed by atoms with van der Waals surface area (Å²) in [6.45, 7) is 7.21. The number of amides is 2. The van der Waals surface area contributed by atoms with Crippen molar-refractivity contribution in [2.75, 3.05) is 18.6 Å². The molecule has 0 fully saturated rings. The second kappa shape index (κ2) is 11.1. The fraction of sp³-hybridized carbons (Fsp3) is 0.400. The fourth-order valence-electron chi connectivity index (χ4n) is 3.96. The van der Waals surface area contributed by atoms with Crippen LogP contribution in [0.25, 0.3) is 16.6 Å². The van der Waals surface area contributed by atoms with Crippen LogP contribution in [-0.4, -0.2) is 66.6 Å². The van der Waals surface area contributed by atoms with Gasteiger partial charge in [-0.2, -0.15) is 14.7 Å². The minimum absolute atomic E-state index is 0.0542. The Hall–Kier alpha value is -4.30. The van der Waals surface area contributed by atoms with Gasteiger partial charge in [-0.3, -0.25) is 24.5 Å². The SMILES string of the molecule is C[C@H](COCc1cc([N+](=O)[O-])c2cnn(C)c2c1)NC(=O)c1cnn2c(N(C)C(=O)OC(C)(C)C)cc(Cl)nc12. The number of nitrogens with one attached hydrogen (secondary N) is 1. The van der Waals surface area contributed by atoms with Crippen LogP contribution in [0, 0.1) is 10.1 Å². The molecule has 1 N–H and O–H groups in total. The highest BCUT2D eigenvalue weighted by molar-refractivity contribution is 6.30. The third kappa shape index (κ3) is 6.13. The van der Waals surface area contributed by atoms with Crippen LogP contribution in [0.15, 0.2) is 30.6 Å². The number of ether oxygens (including phenoxy) is 2. The fourth-order valence-corrected chi connectivity index (χ4v) is 4.14. The molecule has 0 bridgehead atoms. The smallest absolute Gasteiger partial charge is 0.415 e. The maximum absolute atomic E-state index is 13.1. The molecule has 4 aromatic rings. The van der Waals surface area contributed by atoms with Crippen molar-refractivity contribution >= 4 is 51.7 Å². The van der Waals surface area contributed by atoms with Crippen molar-refractivity contribution in [1.82, 2.24) is 29.7 Å². The van der Waals surface area contributed by atoms with E-state index < -0.39 is 28.6 Å². The number of nitro benzene ring substituents is 1. The maximum atomic E-state index is 13.1. The molecule has 14 nitrogen and oxygen atoms in total. The maximum Gasteiger partial charge on any atom is 0.415 e. The van der Waals surface area contributed by atoms with E-state index in [0.717, 1.165) is 0 Å². The molecule has 1 atom stereocenters. The molecule has 0 saturated carbocycles. The lowest BCUT2D eigenvalue weighted by Crippen LogP contribution is -2.36. The molecule has 0 aliphatic rings. The minimum atomic E-state index is -0.714. The zero-order valence-corrected chi connectivity index (χ0v) is 23.6. The van der Waals surface area contributed by atoms with Crippen LogP contribution in [0.5, 0.6) is 0 Å². The van der Waals surface area contributed by atoms with E-state index in [1.54, 1.807) is 45.5 Å². The van der Waals surface area contributed by atoms with E-state index in [-0.39, 0.29) is 41.1 Å². The van der Waals surface area contributed by atoms with Gasteiger partial charge in [-0.15, -0.1) is 0 Å². The lowest BCUT2D eigenvalue weighted by atomic mass is 10.1. The molecular weight excluding hydrogens is 544 g/mol. The number of rotatable bonds is 8. The van der Waals surface area contributed by atoms with Crippen molar-refractivity contribution in [2.24, 2.45) is 7.05 Å². The Labute approximate surface area is 233 Å². The Morgan fingerprint density at radius 2 is 1.95 bits per heavy atom. The number of anilines is 1. The van der Waals surface area contributed by atoms with Gasteiger partial charge in [-0.1, -0.05) is 11.6 Å². The quantitative estimate of drug-likeness (QED) is 0.188. The van der Waals surface area contributed by atoms with Gasteiger partial charge in [-0.25, -0.2) is 9.78 Å². The Balaban J connectivity index is 1.44. The molecule has 2 amide bonds. The number of non-ortho nitro benzene ring substituents is 1. The van der Waals surface area contributed by atoms with Crippen LogP contribution in [0.1, 0.15) is 43.6 Å². The molecule has 3 heterocycles. The van der Waals surface area contributed by atoms with E-state index in [1.807, 2.05) is 0 Å². The third-order valence-corrected chi connectivity index (χ3v) is 5.99. The summed E-state index contributed by atoms with van der Waals surface area (Å²) < 4.78 is 14.0. The summed E-state index contributed by atoms with van der Waals surface area (Å²) in [5, 5.41) is 23.1. The molecule has 0 aliphatic heterocycles. The van der Waals surface area contributed by atoms with Crippen molar-refractivity contribution in [3.8, 4) is 0 Å². The molecule has 0 saturated heterocycles. The van der Waals surface area contributed by atoms with Crippen molar-refractivity contribution in [3.05, 3.63) is 57.0 Å². The Morgan fingerprint density at radius 1 is 1.23 bits per heavy atom. The highest BCUT2D eigenvalue weighted by atomic mass is 35.5. The standard InChI is InChI=1S/C25H29ClN8O6/c1-14(12-39-13-15-7-18-16(10-27-32(18)6)19(8-15)34(37)38)29-23(35)17-11-28-33-21(9-20(26)30-22(17)33)31(5)24(36)40-25(2,3)4/h7-11,14H,12-13H2,1-6H3,(H,29,35)/t14-/m1/s1. The van der Waals surface area contributed by atoms with E-state index in [1.165, 1.54) is 41.0 Å². The summed E-state index contributed by atoms with van der Waals surface area (Å²) in [5.41, 5.74) is 0.746. The normalized spacial score (nSPS) is 12.5. The van der Waals surface area contributed by atoms with Gasteiger partial charge in [0.05, 0.1) is 41.4 Å². The largest absolute Gasteiger partial charge is 0.443 e. The molecule has 3 aromatic heterocycles. The number of carbonyl (C=O) groups is 2. The van der Waals surface area contributed by atoms with E-state index in [9.17, 15) is 19.7 Å². The summed E-state index contributed by atoms with van der Waals surface area (Å²) in [6.07, 6.45) is 2.16. The summed E-state index contributed by atoms with van der Waals surface area (Å²) >= 11 is 6.21. The van der Waals surface area contributed by atoms with Gasteiger partial charge in [0.2, 0.25) is 0 Å². The van der Waals surface area contributed by atoms with Gasteiger partial charge in [0.25, 0.3) is 11.6 Å². The average Bonchev–Trinajstić information content (AvgIpc) is 3.45. The van der Waals surface area contributed by atoms with Crippen molar-refractivity contribution in [1.29, 1.82) is 0 Å². The van der Waals surface area contributed by atoms with Crippen molar-refractivity contribution in [3.63, 3.8) is 0 Å². The van der Waals surface area contributed by atoms with Gasteiger partial charge < -0.3 is 14.8 Å². The van der Waals surface area contributed by atoms with Gasteiger partial charge >= 0.3 is 6.09 Å². The topological polar surface area (TPSA) is 159 Å². The molecule has 4 rings (SSSR count). The number of aryl methyl sites for hydroxylation is 1. The monoisotopic (exact) mass is 572 g/mol. The summed E-state index contributed by atoms with van der Waals surface area (Å²) in [6, 6.07) is 4.24. The van der Waals surface area contributed by atoms with Crippen LogP contribution in [-0.2, 0) is 23.1 Å². The van der Waals surface area contributed by atoms with Gasteiger partial charge in [0.1, 0.15) is 22.1 Å². The number of aromatic nitrogens is 5. The third-order valence-electron chi connectivity index (χ3n) is 5.79. The zero-order chi connectivity index (χ0) is 29.4. The van der Waals surface area contributed by atoms with Crippen LogP contribution < -0.4 is 10.2 Å². The molecule has 0 radical (unpaired) electrons. The number of benzene rings is 1. The Morgan fingerprint density at radius 3 is 2.62 bits per heavy atom. The summed E-state index contributed by atoms with van der Waals surface area (Å²) in [5.74, 6) is -0.210. The second-order valence-corrected chi connectivity index (χ2v) is 10.6. The predicted molar refractivity (Wildman–Crippen MR) is 147 cm³/mol. The summed E-state index contributed by atoms with van der Waals surface area (Å²) in [7, 11) is 3.20. The molecular formula is C25H29ClN8O6. The number of nitro groups is 1.